The first-order chi connectivity index (χ1) is 14.7. The lowest BCUT2D eigenvalue weighted by atomic mass is 10.2. The largest absolute Gasteiger partial charge is 0.416 e. The van der Waals surface area contributed by atoms with Crippen LogP contribution in [0.2, 0.25) is 0 Å². The van der Waals surface area contributed by atoms with Crippen LogP contribution in [-0.2, 0) is 16.2 Å². The first kappa shape index (κ1) is 20.2. The molecule has 1 saturated heterocycles. The fourth-order valence-corrected chi connectivity index (χ4v) is 5.17. The zero-order valence-electron chi connectivity index (χ0n) is 16.3. The van der Waals surface area contributed by atoms with Gasteiger partial charge in [-0.25, -0.2) is 8.42 Å². The molecular formula is C19H19F3N6O2S. The van der Waals surface area contributed by atoms with E-state index in [-0.39, 0.29) is 18.0 Å². The minimum absolute atomic E-state index is 0.149. The van der Waals surface area contributed by atoms with Gasteiger partial charge in [0, 0.05) is 32.1 Å². The number of hydrogen-bond donors (Lipinski definition) is 0. The van der Waals surface area contributed by atoms with Crippen LogP contribution in [0.3, 0.4) is 0 Å². The maximum absolute atomic E-state index is 13.0. The monoisotopic (exact) mass is 452 g/mol. The first-order valence-electron chi connectivity index (χ1n) is 9.88. The molecule has 1 aliphatic heterocycles. The Morgan fingerprint density at radius 2 is 1.71 bits per heavy atom. The zero-order chi connectivity index (χ0) is 21.8. The summed E-state index contributed by atoms with van der Waals surface area (Å²) in [6.45, 7) is 1.04. The number of anilines is 1. The molecule has 8 nitrogen and oxygen atoms in total. The molecule has 1 saturated carbocycles. The van der Waals surface area contributed by atoms with Gasteiger partial charge in [-0.3, -0.25) is 0 Å². The Morgan fingerprint density at radius 3 is 2.39 bits per heavy atom. The lowest BCUT2D eigenvalue weighted by Gasteiger charge is -2.34. The molecule has 0 N–H and O–H groups in total. The smallest absolute Gasteiger partial charge is 0.353 e. The molecule has 2 aliphatic rings. The van der Waals surface area contributed by atoms with E-state index in [9.17, 15) is 21.6 Å². The number of sulfonamides is 1. The molecule has 0 amide bonds. The van der Waals surface area contributed by atoms with Crippen LogP contribution in [0.25, 0.3) is 5.65 Å². The second-order valence-electron chi connectivity index (χ2n) is 7.71. The van der Waals surface area contributed by atoms with Crippen LogP contribution >= 0.6 is 0 Å². The second-order valence-corrected chi connectivity index (χ2v) is 9.65. The van der Waals surface area contributed by atoms with Gasteiger partial charge in [0.05, 0.1) is 10.5 Å². The van der Waals surface area contributed by atoms with Crippen LogP contribution in [0.15, 0.2) is 41.3 Å². The third-order valence-corrected chi connectivity index (χ3v) is 7.47. The van der Waals surface area contributed by atoms with Crippen LogP contribution in [-0.4, -0.2) is 58.7 Å². The van der Waals surface area contributed by atoms with E-state index in [1.54, 1.807) is 4.52 Å². The minimum atomic E-state index is -4.60. The van der Waals surface area contributed by atoms with Crippen molar-refractivity contribution in [2.24, 2.45) is 0 Å². The van der Waals surface area contributed by atoms with Gasteiger partial charge in [0.2, 0.25) is 10.0 Å². The molecule has 0 bridgehead atoms. The van der Waals surface area contributed by atoms with E-state index >= 15 is 0 Å². The van der Waals surface area contributed by atoms with E-state index < -0.39 is 21.8 Å². The Labute approximate surface area is 176 Å². The molecule has 3 aromatic rings. The number of rotatable bonds is 4. The number of fused-ring (bicyclic) bond motifs is 1. The summed E-state index contributed by atoms with van der Waals surface area (Å²) in [6.07, 6.45) is -2.46. The van der Waals surface area contributed by atoms with Gasteiger partial charge in [-0.2, -0.15) is 22.0 Å². The van der Waals surface area contributed by atoms with E-state index in [0.717, 1.165) is 30.8 Å². The van der Waals surface area contributed by atoms with Crippen LogP contribution in [0, 0.1) is 0 Å². The van der Waals surface area contributed by atoms with E-state index in [0.29, 0.717) is 36.5 Å². The van der Waals surface area contributed by atoms with Crippen molar-refractivity contribution in [2.45, 2.75) is 29.8 Å². The molecule has 164 valence electrons. The number of benzene rings is 1. The lowest BCUT2D eigenvalue weighted by molar-refractivity contribution is -0.137. The van der Waals surface area contributed by atoms with Crippen molar-refractivity contribution >= 4 is 21.5 Å². The number of piperazine rings is 1. The summed E-state index contributed by atoms with van der Waals surface area (Å²) in [5.74, 6) is 1.90. The highest BCUT2D eigenvalue weighted by Gasteiger charge is 2.34. The van der Waals surface area contributed by atoms with Crippen molar-refractivity contribution in [1.29, 1.82) is 0 Å². The van der Waals surface area contributed by atoms with Crippen molar-refractivity contribution in [2.75, 3.05) is 31.1 Å². The predicted octanol–water partition coefficient (Wildman–Crippen LogP) is 2.53. The number of hydrogen-bond acceptors (Lipinski definition) is 6. The van der Waals surface area contributed by atoms with Crippen molar-refractivity contribution in [3.8, 4) is 0 Å². The van der Waals surface area contributed by atoms with Crippen molar-refractivity contribution < 1.29 is 21.6 Å². The molecule has 0 unspecified atom stereocenters. The van der Waals surface area contributed by atoms with Gasteiger partial charge in [0.1, 0.15) is 5.82 Å². The molecule has 0 radical (unpaired) electrons. The number of aromatic nitrogens is 4. The van der Waals surface area contributed by atoms with Gasteiger partial charge in [0.15, 0.2) is 11.5 Å². The quantitative estimate of drug-likeness (QED) is 0.605. The van der Waals surface area contributed by atoms with Crippen LogP contribution < -0.4 is 4.90 Å². The third-order valence-electron chi connectivity index (χ3n) is 5.58. The zero-order valence-corrected chi connectivity index (χ0v) is 17.1. The maximum Gasteiger partial charge on any atom is 0.416 e. The summed E-state index contributed by atoms with van der Waals surface area (Å²) in [7, 11) is -4.02. The van der Waals surface area contributed by atoms with Crippen molar-refractivity contribution in [3.05, 3.63) is 47.8 Å². The molecule has 3 heterocycles. The van der Waals surface area contributed by atoms with Crippen LogP contribution in [0.5, 0.6) is 0 Å². The highest BCUT2D eigenvalue weighted by atomic mass is 32.2. The first-order valence-corrected chi connectivity index (χ1v) is 11.3. The standard InChI is InChI=1S/C19H19F3N6O2S/c20-19(21,22)14-2-1-3-15(12-14)31(29,30)27-10-8-26(9-11-27)17-7-6-16-23-24-18(13-4-5-13)28(16)25-17/h1-3,6-7,12-13H,4-5,8-11H2. The number of halogens is 3. The van der Waals surface area contributed by atoms with Crippen LogP contribution in [0.1, 0.15) is 30.1 Å². The van der Waals surface area contributed by atoms with E-state index in [1.807, 2.05) is 17.0 Å². The van der Waals surface area contributed by atoms with E-state index in [1.165, 1.54) is 10.4 Å². The highest BCUT2D eigenvalue weighted by Crippen LogP contribution is 2.38. The molecule has 2 fully saturated rings. The normalized spacial score (nSPS) is 18.6. The molecule has 2 aromatic heterocycles. The summed E-state index contributed by atoms with van der Waals surface area (Å²) >= 11 is 0. The molecular weight excluding hydrogens is 433 g/mol. The molecule has 12 heteroatoms. The summed E-state index contributed by atoms with van der Waals surface area (Å²) in [5, 5.41) is 13.0. The SMILES string of the molecule is O=S(=O)(c1cccc(C(F)(F)F)c1)N1CCN(c2ccc3nnc(C4CC4)n3n2)CC1. The van der Waals surface area contributed by atoms with Crippen LogP contribution in [0.4, 0.5) is 19.0 Å². The minimum Gasteiger partial charge on any atom is -0.353 e. The highest BCUT2D eigenvalue weighted by molar-refractivity contribution is 7.89. The number of alkyl halides is 3. The van der Waals surface area contributed by atoms with E-state index in [4.69, 9.17) is 0 Å². The summed E-state index contributed by atoms with van der Waals surface area (Å²) in [5.41, 5.74) is -0.318. The average molecular weight is 452 g/mol. The molecule has 5 rings (SSSR count). The third kappa shape index (κ3) is 3.74. The van der Waals surface area contributed by atoms with Crippen molar-refractivity contribution in [3.63, 3.8) is 0 Å². The van der Waals surface area contributed by atoms with Gasteiger partial charge < -0.3 is 4.90 Å². The molecule has 0 atom stereocenters. The summed E-state index contributed by atoms with van der Waals surface area (Å²) in [4.78, 5) is 1.60. The fourth-order valence-electron chi connectivity index (χ4n) is 3.70. The maximum atomic E-state index is 13.0. The Hall–Kier alpha value is -2.73. The second kappa shape index (κ2) is 7.16. The average Bonchev–Trinajstić information content (AvgIpc) is 3.52. The summed E-state index contributed by atoms with van der Waals surface area (Å²) < 4.78 is 67.6. The van der Waals surface area contributed by atoms with Gasteiger partial charge in [-0.05, 0) is 43.2 Å². The molecule has 1 aliphatic carbocycles. The molecule has 1 aromatic carbocycles. The van der Waals surface area contributed by atoms with Crippen molar-refractivity contribution in [1.82, 2.24) is 24.1 Å². The van der Waals surface area contributed by atoms with Gasteiger partial charge in [-0.1, -0.05) is 6.07 Å². The lowest BCUT2D eigenvalue weighted by Crippen LogP contribution is -2.49. The Morgan fingerprint density at radius 1 is 0.968 bits per heavy atom. The Balaban J connectivity index is 1.33. The van der Waals surface area contributed by atoms with Gasteiger partial charge in [0.25, 0.3) is 0 Å². The Kier molecular flexibility index (Phi) is 4.66. The van der Waals surface area contributed by atoms with Gasteiger partial charge >= 0.3 is 6.18 Å². The van der Waals surface area contributed by atoms with E-state index in [2.05, 4.69) is 15.3 Å². The Bertz CT molecular complexity index is 1230. The fraction of sp³-hybridized carbons (Fsp3) is 0.421. The molecule has 0 spiro atoms. The molecule has 31 heavy (non-hydrogen) atoms. The predicted molar refractivity (Wildman–Crippen MR) is 105 cm³/mol. The number of nitrogens with zero attached hydrogens (tertiary/aromatic N) is 6. The summed E-state index contributed by atoms with van der Waals surface area (Å²) in [6, 6.07) is 7.49. The topological polar surface area (TPSA) is 83.7 Å². The van der Waals surface area contributed by atoms with Gasteiger partial charge in [-0.15, -0.1) is 15.3 Å².